The molecule has 1 heterocycles. The van der Waals surface area contributed by atoms with Crippen molar-refractivity contribution in [3.63, 3.8) is 0 Å². The number of nitrogens with one attached hydrogen (secondary N) is 1. The van der Waals surface area contributed by atoms with E-state index >= 15 is 0 Å². The fourth-order valence-electron chi connectivity index (χ4n) is 1.88. The number of rotatable bonds is 5. The monoisotopic (exact) mass is 294 g/mol. The van der Waals surface area contributed by atoms with E-state index in [0.29, 0.717) is 11.0 Å². The molecule has 1 amide bonds. The van der Waals surface area contributed by atoms with Gasteiger partial charge in [-0.05, 0) is 12.0 Å². The van der Waals surface area contributed by atoms with E-state index in [9.17, 15) is 4.79 Å². The Morgan fingerprint density at radius 3 is 2.74 bits per heavy atom. The normalized spacial score (nSPS) is 12.1. The van der Waals surface area contributed by atoms with Crippen molar-refractivity contribution in [2.24, 2.45) is 0 Å². The van der Waals surface area contributed by atoms with Gasteiger partial charge in [0.1, 0.15) is 0 Å². The zero-order chi connectivity index (χ0) is 13.7. The van der Waals surface area contributed by atoms with Crippen molar-refractivity contribution < 1.29 is 4.79 Å². The van der Waals surface area contributed by atoms with Crippen LogP contribution >= 0.6 is 22.9 Å². The summed E-state index contributed by atoms with van der Waals surface area (Å²) in [4.78, 5) is 16.5. The van der Waals surface area contributed by atoms with Gasteiger partial charge in [0.2, 0.25) is 5.91 Å². The molecule has 1 unspecified atom stereocenters. The lowest BCUT2D eigenvalue weighted by Gasteiger charge is -2.13. The molecular weight excluding hydrogens is 280 g/mol. The summed E-state index contributed by atoms with van der Waals surface area (Å²) in [5, 5.41) is 5.32. The number of hydrogen-bond donors (Lipinski definition) is 1. The zero-order valence-corrected chi connectivity index (χ0v) is 12.2. The van der Waals surface area contributed by atoms with Gasteiger partial charge in [-0.15, -0.1) is 22.9 Å². The number of carbonyl (C=O) groups excluding carboxylic acids is 1. The van der Waals surface area contributed by atoms with Gasteiger partial charge >= 0.3 is 0 Å². The largest absolute Gasteiger partial charge is 0.301 e. The molecule has 0 radical (unpaired) electrons. The number of anilines is 1. The lowest BCUT2D eigenvalue weighted by molar-refractivity contribution is -0.117. The predicted octanol–water partition coefficient (Wildman–Crippen LogP) is 4.01. The molecule has 1 aromatic carbocycles. The van der Waals surface area contributed by atoms with Crippen LogP contribution in [-0.4, -0.2) is 10.9 Å². The average Bonchev–Trinajstić information content (AvgIpc) is 2.88. The number of benzene rings is 1. The van der Waals surface area contributed by atoms with Crippen LogP contribution in [0.3, 0.4) is 0 Å². The summed E-state index contributed by atoms with van der Waals surface area (Å²) in [5.74, 6) is 0.191. The standard InChI is InChI=1S/C14H15ClN2OS/c1-2-12(10-6-4-3-5-7-10)13(18)17-14-16-11(8-15)9-19-14/h3-7,9,12H,2,8H2,1H3,(H,16,17,18). The fraction of sp³-hybridized carbons (Fsp3) is 0.286. The number of hydrogen-bond acceptors (Lipinski definition) is 3. The summed E-state index contributed by atoms with van der Waals surface area (Å²) in [5.41, 5.74) is 1.81. The molecule has 0 aliphatic rings. The molecule has 1 atom stereocenters. The Labute approximate surface area is 121 Å². The molecule has 0 aliphatic carbocycles. The molecule has 2 aromatic rings. The molecule has 0 fully saturated rings. The second kappa shape index (κ2) is 6.68. The highest BCUT2D eigenvalue weighted by molar-refractivity contribution is 7.14. The van der Waals surface area contributed by atoms with Gasteiger partial charge in [-0.2, -0.15) is 0 Å². The SMILES string of the molecule is CCC(C(=O)Nc1nc(CCl)cs1)c1ccccc1. The maximum absolute atomic E-state index is 12.3. The van der Waals surface area contributed by atoms with Crippen molar-refractivity contribution in [3.05, 3.63) is 47.0 Å². The molecule has 0 saturated carbocycles. The minimum Gasteiger partial charge on any atom is -0.301 e. The van der Waals surface area contributed by atoms with Crippen molar-refractivity contribution in [1.29, 1.82) is 0 Å². The van der Waals surface area contributed by atoms with E-state index in [1.54, 1.807) is 0 Å². The second-order valence-electron chi connectivity index (χ2n) is 4.14. The molecule has 0 saturated heterocycles. The third-order valence-corrected chi connectivity index (χ3v) is 3.93. The Morgan fingerprint density at radius 1 is 1.42 bits per heavy atom. The first kappa shape index (κ1) is 14.0. The first-order chi connectivity index (χ1) is 9.24. The second-order valence-corrected chi connectivity index (χ2v) is 5.26. The van der Waals surface area contributed by atoms with E-state index < -0.39 is 0 Å². The third kappa shape index (κ3) is 3.55. The van der Waals surface area contributed by atoms with Crippen LogP contribution in [0.15, 0.2) is 35.7 Å². The Kier molecular flexibility index (Phi) is 4.93. The smallest absolute Gasteiger partial charge is 0.233 e. The highest BCUT2D eigenvalue weighted by Crippen LogP contribution is 2.23. The number of thiazole rings is 1. The van der Waals surface area contributed by atoms with Crippen LogP contribution in [0.1, 0.15) is 30.5 Å². The van der Waals surface area contributed by atoms with Crippen molar-refractivity contribution in [2.45, 2.75) is 25.1 Å². The summed E-state index contributed by atoms with van der Waals surface area (Å²) in [6.45, 7) is 2.00. The summed E-state index contributed by atoms with van der Waals surface area (Å²) >= 11 is 7.09. The maximum atomic E-state index is 12.3. The predicted molar refractivity (Wildman–Crippen MR) is 79.8 cm³/mol. The van der Waals surface area contributed by atoms with Gasteiger partial charge in [-0.25, -0.2) is 4.98 Å². The molecule has 100 valence electrons. The number of halogens is 1. The van der Waals surface area contributed by atoms with Crippen LogP contribution in [0.25, 0.3) is 0 Å². The zero-order valence-electron chi connectivity index (χ0n) is 10.6. The lowest BCUT2D eigenvalue weighted by atomic mass is 9.96. The lowest BCUT2D eigenvalue weighted by Crippen LogP contribution is -2.20. The van der Waals surface area contributed by atoms with Crippen LogP contribution in [0, 0.1) is 0 Å². The quantitative estimate of drug-likeness (QED) is 0.847. The van der Waals surface area contributed by atoms with Crippen LogP contribution in [0.2, 0.25) is 0 Å². The molecule has 2 rings (SSSR count). The fourth-order valence-corrected chi connectivity index (χ4v) is 2.82. The highest BCUT2D eigenvalue weighted by Gasteiger charge is 2.19. The summed E-state index contributed by atoms with van der Waals surface area (Å²) < 4.78 is 0. The van der Waals surface area contributed by atoms with Gasteiger partial charge in [0, 0.05) is 5.38 Å². The average molecular weight is 295 g/mol. The number of carbonyl (C=O) groups is 1. The topological polar surface area (TPSA) is 42.0 Å². The van der Waals surface area contributed by atoms with Crippen molar-refractivity contribution in [2.75, 3.05) is 5.32 Å². The van der Waals surface area contributed by atoms with Crippen LogP contribution in [0.5, 0.6) is 0 Å². The minimum absolute atomic E-state index is 0.0239. The van der Waals surface area contributed by atoms with Gasteiger partial charge in [-0.1, -0.05) is 37.3 Å². The first-order valence-corrected chi connectivity index (χ1v) is 7.52. The van der Waals surface area contributed by atoms with Gasteiger partial charge < -0.3 is 5.32 Å². The van der Waals surface area contributed by atoms with Crippen molar-refractivity contribution >= 4 is 34.0 Å². The highest BCUT2D eigenvalue weighted by atomic mass is 35.5. The van der Waals surface area contributed by atoms with E-state index in [4.69, 9.17) is 11.6 Å². The Hall–Kier alpha value is -1.39. The molecule has 1 aromatic heterocycles. The van der Waals surface area contributed by atoms with Crippen LogP contribution in [-0.2, 0) is 10.7 Å². The molecule has 3 nitrogen and oxygen atoms in total. The Morgan fingerprint density at radius 2 is 2.16 bits per heavy atom. The molecule has 19 heavy (non-hydrogen) atoms. The minimum atomic E-state index is -0.149. The summed E-state index contributed by atoms with van der Waals surface area (Å²) in [7, 11) is 0. The van der Waals surface area contributed by atoms with Gasteiger partial charge in [-0.3, -0.25) is 4.79 Å². The third-order valence-electron chi connectivity index (χ3n) is 2.85. The van der Waals surface area contributed by atoms with Crippen molar-refractivity contribution in [1.82, 2.24) is 4.98 Å². The molecule has 0 spiro atoms. The van der Waals surface area contributed by atoms with Crippen LogP contribution < -0.4 is 5.32 Å². The van der Waals surface area contributed by atoms with Gasteiger partial charge in [0.15, 0.2) is 5.13 Å². The number of aromatic nitrogens is 1. The molecule has 5 heteroatoms. The van der Waals surface area contributed by atoms with Crippen molar-refractivity contribution in [3.8, 4) is 0 Å². The van der Waals surface area contributed by atoms with E-state index in [2.05, 4.69) is 10.3 Å². The van der Waals surface area contributed by atoms with E-state index in [1.807, 2.05) is 42.6 Å². The van der Waals surface area contributed by atoms with E-state index in [1.165, 1.54) is 11.3 Å². The first-order valence-electron chi connectivity index (χ1n) is 6.10. The van der Waals surface area contributed by atoms with Gasteiger partial charge in [0.05, 0.1) is 17.5 Å². The summed E-state index contributed by atoms with van der Waals surface area (Å²) in [6, 6.07) is 9.78. The van der Waals surface area contributed by atoms with Crippen LogP contribution in [0.4, 0.5) is 5.13 Å². The Balaban J connectivity index is 2.09. The Bertz CT molecular complexity index is 541. The number of amides is 1. The number of alkyl halides is 1. The van der Waals surface area contributed by atoms with E-state index in [-0.39, 0.29) is 11.8 Å². The summed E-state index contributed by atoms with van der Waals surface area (Å²) in [6.07, 6.45) is 0.754. The molecule has 1 N–H and O–H groups in total. The number of nitrogens with zero attached hydrogens (tertiary/aromatic N) is 1. The molecule has 0 aliphatic heterocycles. The van der Waals surface area contributed by atoms with E-state index in [0.717, 1.165) is 17.7 Å². The molecule has 0 bridgehead atoms. The maximum Gasteiger partial charge on any atom is 0.233 e. The van der Waals surface area contributed by atoms with Gasteiger partial charge in [0.25, 0.3) is 0 Å². The molecular formula is C14H15ClN2OS.